The second-order valence-electron chi connectivity index (χ2n) is 6.18. The summed E-state index contributed by atoms with van der Waals surface area (Å²) in [6, 6.07) is 5.49. The summed E-state index contributed by atoms with van der Waals surface area (Å²) in [6.45, 7) is 5.08. The van der Waals surface area contributed by atoms with Crippen molar-refractivity contribution < 1.29 is 28.6 Å². The Hall–Kier alpha value is -2.87. The van der Waals surface area contributed by atoms with Crippen LogP contribution in [0.5, 0.6) is 5.75 Å². The SMILES string of the molecule is COC(=O)c1c(NC(=O)COC(=O)Cc2cc(C)ccc2OC)sc(C)c1C. The van der Waals surface area contributed by atoms with Gasteiger partial charge in [-0.15, -0.1) is 11.3 Å². The number of thiophene rings is 1. The molecular formula is C20H23NO6S. The van der Waals surface area contributed by atoms with Crippen LogP contribution in [0.4, 0.5) is 5.00 Å². The average Bonchev–Trinajstić information content (AvgIpc) is 2.93. The molecule has 0 fully saturated rings. The minimum Gasteiger partial charge on any atom is -0.496 e. The molecule has 0 saturated heterocycles. The van der Waals surface area contributed by atoms with Crippen LogP contribution in [0.2, 0.25) is 0 Å². The van der Waals surface area contributed by atoms with E-state index in [1.807, 2.05) is 26.0 Å². The number of nitrogens with one attached hydrogen (secondary N) is 1. The van der Waals surface area contributed by atoms with Gasteiger partial charge in [-0.2, -0.15) is 0 Å². The van der Waals surface area contributed by atoms with Crippen LogP contribution in [0.3, 0.4) is 0 Å². The van der Waals surface area contributed by atoms with E-state index in [0.29, 0.717) is 21.9 Å². The average molecular weight is 405 g/mol. The molecule has 1 heterocycles. The lowest BCUT2D eigenvalue weighted by Crippen LogP contribution is -2.22. The van der Waals surface area contributed by atoms with Gasteiger partial charge in [0.1, 0.15) is 10.8 Å². The quantitative estimate of drug-likeness (QED) is 0.712. The fourth-order valence-corrected chi connectivity index (χ4v) is 3.69. The number of hydrogen-bond acceptors (Lipinski definition) is 7. The van der Waals surface area contributed by atoms with Crippen LogP contribution in [-0.4, -0.2) is 38.7 Å². The zero-order valence-electron chi connectivity index (χ0n) is 16.5. The first-order chi connectivity index (χ1) is 13.3. The number of aryl methyl sites for hydroxylation is 2. The highest BCUT2D eigenvalue weighted by atomic mass is 32.1. The van der Waals surface area contributed by atoms with Crippen molar-refractivity contribution in [3.05, 3.63) is 45.3 Å². The van der Waals surface area contributed by atoms with Gasteiger partial charge in [-0.25, -0.2) is 4.79 Å². The molecule has 0 saturated carbocycles. The van der Waals surface area contributed by atoms with Crippen molar-refractivity contribution in [3.8, 4) is 5.75 Å². The summed E-state index contributed by atoms with van der Waals surface area (Å²) in [5, 5.41) is 2.99. The molecule has 1 aromatic carbocycles. The summed E-state index contributed by atoms with van der Waals surface area (Å²) in [4.78, 5) is 37.1. The van der Waals surface area contributed by atoms with E-state index in [4.69, 9.17) is 14.2 Å². The molecule has 150 valence electrons. The van der Waals surface area contributed by atoms with Gasteiger partial charge >= 0.3 is 11.9 Å². The van der Waals surface area contributed by atoms with Gasteiger partial charge in [-0.3, -0.25) is 9.59 Å². The van der Waals surface area contributed by atoms with Gasteiger partial charge in [0.2, 0.25) is 0 Å². The van der Waals surface area contributed by atoms with Crippen molar-refractivity contribution in [1.29, 1.82) is 0 Å². The first-order valence-corrected chi connectivity index (χ1v) is 9.35. The molecule has 2 aromatic rings. The lowest BCUT2D eigenvalue weighted by Gasteiger charge is -2.10. The number of rotatable bonds is 7. The monoisotopic (exact) mass is 405 g/mol. The van der Waals surface area contributed by atoms with Crippen molar-refractivity contribution in [1.82, 2.24) is 0 Å². The van der Waals surface area contributed by atoms with Crippen LogP contribution >= 0.6 is 11.3 Å². The van der Waals surface area contributed by atoms with Crippen LogP contribution in [0.25, 0.3) is 0 Å². The van der Waals surface area contributed by atoms with Crippen molar-refractivity contribution in [3.63, 3.8) is 0 Å². The molecular weight excluding hydrogens is 382 g/mol. The number of ether oxygens (including phenoxy) is 3. The highest BCUT2D eigenvalue weighted by Crippen LogP contribution is 2.32. The molecule has 0 aliphatic heterocycles. The van der Waals surface area contributed by atoms with Gasteiger partial charge in [-0.05, 0) is 32.4 Å². The smallest absolute Gasteiger partial charge is 0.341 e. The van der Waals surface area contributed by atoms with E-state index in [1.54, 1.807) is 13.0 Å². The van der Waals surface area contributed by atoms with E-state index >= 15 is 0 Å². The van der Waals surface area contributed by atoms with E-state index in [2.05, 4.69) is 5.32 Å². The maximum absolute atomic E-state index is 12.2. The van der Waals surface area contributed by atoms with Crippen LogP contribution in [0.15, 0.2) is 18.2 Å². The van der Waals surface area contributed by atoms with E-state index < -0.39 is 24.5 Å². The molecule has 0 atom stereocenters. The van der Waals surface area contributed by atoms with Crippen LogP contribution < -0.4 is 10.1 Å². The first-order valence-electron chi connectivity index (χ1n) is 8.54. The van der Waals surface area contributed by atoms with E-state index in [9.17, 15) is 14.4 Å². The highest BCUT2D eigenvalue weighted by molar-refractivity contribution is 7.16. The normalized spacial score (nSPS) is 10.3. The third-order valence-corrected chi connectivity index (χ3v) is 5.29. The highest BCUT2D eigenvalue weighted by Gasteiger charge is 2.22. The van der Waals surface area contributed by atoms with Crippen molar-refractivity contribution in [2.75, 3.05) is 26.1 Å². The summed E-state index contributed by atoms with van der Waals surface area (Å²) in [5.41, 5.74) is 2.73. The maximum atomic E-state index is 12.2. The van der Waals surface area contributed by atoms with Crippen LogP contribution in [0, 0.1) is 20.8 Å². The summed E-state index contributed by atoms with van der Waals surface area (Å²) in [6.07, 6.45) is -0.0111. The molecule has 1 N–H and O–H groups in total. The molecule has 8 heteroatoms. The molecule has 0 aliphatic rings. The Morgan fingerprint density at radius 1 is 1.11 bits per heavy atom. The molecule has 7 nitrogen and oxygen atoms in total. The second kappa shape index (κ2) is 9.36. The zero-order chi connectivity index (χ0) is 20.8. The van der Waals surface area contributed by atoms with Crippen molar-refractivity contribution in [2.45, 2.75) is 27.2 Å². The number of carbonyl (C=O) groups is 3. The van der Waals surface area contributed by atoms with Gasteiger partial charge in [0.25, 0.3) is 5.91 Å². The summed E-state index contributed by atoms with van der Waals surface area (Å²) < 4.78 is 15.1. The molecule has 0 radical (unpaired) electrons. The molecule has 28 heavy (non-hydrogen) atoms. The number of carbonyl (C=O) groups excluding carboxylic acids is 3. The Labute approximate surface area is 167 Å². The van der Waals surface area contributed by atoms with Crippen molar-refractivity contribution in [2.24, 2.45) is 0 Å². The summed E-state index contributed by atoms with van der Waals surface area (Å²) in [5.74, 6) is -1.03. The molecule has 0 aliphatic carbocycles. The predicted octanol–water partition coefficient (Wildman–Crippen LogP) is 3.19. The van der Waals surface area contributed by atoms with Gasteiger partial charge in [0, 0.05) is 10.4 Å². The molecule has 1 amide bonds. The topological polar surface area (TPSA) is 90.9 Å². The maximum Gasteiger partial charge on any atom is 0.341 e. The third kappa shape index (κ3) is 5.10. The fraction of sp³-hybridized carbons (Fsp3) is 0.350. The summed E-state index contributed by atoms with van der Waals surface area (Å²) in [7, 11) is 2.80. The predicted molar refractivity (Wildman–Crippen MR) is 106 cm³/mol. The molecule has 0 spiro atoms. The Bertz CT molecular complexity index is 902. The Kier molecular flexibility index (Phi) is 7.17. The van der Waals surface area contributed by atoms with Gasteiger partial charge in [0.15, 0.2) is 6.61 Å². The first kappa shape index (κ1) is 21.4. The Morgan fingerprint density at radius 3 is 2.46 bits per heavy atom. The van der Waals surface area contributed by atoms with Crippen molar-refractivity contribution >= 4 is 34.2 Å². The minimum absolute atomic E-state index is 0.0111. The molecule has 0 unspecified atom stereocenters. The Morgan fingerprint density at radius 2 is 1.82 bits per heavy atom. The standard InChI is InChI=1S/C20H23NO6S/c1-11-6-7-15(25-4)14(8-11)9-17(23)27-10-16(22)21-19-18(20(24)26-5)12(2)13(3)28-19/h6-8H,9-10H2,1-5H3,(H,21,22). The van der Waals surface area contributed by atoms with Crippen LogP contribution in [-0.2, 0) is 25.5 Å². The number of hydrogen-bond donors (Lipinski definition) is 1. The fourth-order valence-electron chi connectivity index (χ4n) is 2.62. The van der Waals surface area contributed by atoms with E-state index in [-0.39, 0.29) is 6.42 Å². The van der Waals surface area contributed by atoms with Crippen LogP contribution in [0.1, 0.15) is 31.9 Å². The number of anilines is 1. The molecule has 0 bridgehead atoms. The Balaban J connectivity index is 1.98. The minimum atomic E-state index is -0.550. The molecule has 1 aromatic heterocycles. The largest absolute Gasteiger partial charge is 0.496 e. The van der Waals surface area contributed by atoms with Gasteiger partial charge < -0.3 is 19.5 Å². The number of methoxy groups -OCH3 is 2. The number of amides is 1. The third-order valence-electron chi connectivity index (χ3n) is 4.16. The van der Waals surface area contributed by atoms with E-state index in [0.717, 1.165) is 16.0 Å². The lowest BCUT2D eigenvalue weighted by molar-refractivity contribution is -0.146. The summed E-state index contributed by atoms with van der Waals surface area (Å²) >= 11 is 1.27. The number of esters is 2. The second-order valence-corrected chi connectivity index (χ2v) is 7.40. The lowest BCUT2D eigenvalue weighted by atomic mass is 10.1. The zero-order valence-corrected chi connectivity index (χ0v) is 17.3. The number of benzene rings is 1. The van der Waals surface area contributed by atoms with Gasteiger partial charge in [-0.1, -0.05) is 17.7 Å². The van der Waals surface area contributed by atoms with Gasteiger partial charge in [0.05, 0.1) is 26.2 Å². The molecule has 2 rings (SSSR count). The van der Waals surface area contributed by atoms with E-state index in [1.165, 1.54) is 25.6 Å².